The van der Waals surface area contributed by atoms with Gasteiger partial charge in [-0.25, -0.2) is 0 Å². The highest BCUT2D eigenvalue weighted by Gasteiger charge is 2.24. The molecule has 2 aliphatic rings. The number of hydrogen-bond acceptors (Lipinski definition) is 3. The number of ether oxygens (including phenoxy) is 1. The molecule has 0 bridgehead atoms. The van der Waals surface area contributed by atoms with Crippen LogP contribution in [0.3, 0.4) is 0 Å². The standard InChI is InChI=1S/C13H26N2O/c1-11-9-13(3-6-14-11)15(2)10-12-4-7-16-8-5-12/h11-14H,3-10H2,1-2H3. The maximum absolute atomic E-state index is 5.42. The number of rotatable bonds is 3. The van der Waals surface area contributed by atoms with Crippen molar-refractivity contribution in [3.63, 3.8) is 0 Å². The lowest BCUT2D eigenvalue weighted by Crippen LogP contribution is -2.47. The van der Waals surface area contributed by atoms with Gasteiger partial charge in [-0.05, 0) is 52.1 Å². The van der Waals surface area contributed by atoms with Crippen molar-refractivity contribution < 1.29 is 4.74 Å². The second-order valence-electron chi connectivity index (χ2n) is 5.53. The molecule has 2 atom stereocenters. The highest BCUT2D eigenvalue weighted by Crippen LogP contribution is 2.20. The quantitative estimate of drug-likeness (QED) is 0.789. The average molecular weight is 226 g/mol. The van der Waals surface area contributed by atoms with Gasteiger partial charge < -0.3 is 15.0 Å². The van der Waals surface area contributed by atoms with Crippen molar-refractivity contribution in [3.05, 3.63) is 0 Å². The predicted molar refractivity (Wildman–Crippen MR) is 66.7 cm³/mol. The minimum atomic E-state index is 0.691. The molecule has 0 aromatic carbocycles. The van der Waals surface area contributed by atoms with Gasteiger partial charge in [0.2, 0.25) is 0 Å². The zero-order valence-electron chi connectivity index (χ0n) is 10.7. The molecule has 0 spiro atoms. The van der Waals surface area contributed by atoms with Crippen LogP contribution in [0.5, 0.6) is 0 Å². The van der Waals surface area contributed by atoms with Gasteiger partial charge in [-0.3, -0.25) is 0 Å². The van der Waals surface area contributed by atoms with Crippen LogP contribution in [0.25, 0.3) is 0 Å². The molecule has 3 heteroatoms. The lowest BCUT2D eigenvalue weighted by Gasteiger charge is -2.37. The Morgan fingerprint density at radius 3 is 2.69 bits per heavy atom. The van der Waals surface area contributed by atoms with Crippen LogP contribution in [-0.2, 0) is 4.74 Å². The highest BCUT2D eigenvalue weighted by molar-refractivity contribution is 4.82. The van der Waals surface area contributed by atoms with E-state index in [9.17, 15) is 0 Å². The molecule has 94 valence electrons. The van der Waals surface area contributed by atoms with E-state index in [-0.39, 0.29) is 0 Å². The third kappa shape index (κ3) is 3.44. The van der Waals surface area contributed by atoms with Crippen molar-refractivity contribution in [3.8, 4) is 0 Å². The molecule has 0 aromatic heterocycles. The van der Waals surface area contributed by atoms with Gasteiger partial charge in [0.25, 0.3) is 0 Å². The van der Waals surface area contributed by atoms with Crippen molar-refractivity contribution in [2.45, 2.75) is 44.7 Å². The summed E-state index contributed by atoms with van der Waals surface area (Å²) in [6, 6.07) is 1.48. The Morgan fingerprint density at radius 1 is 1.25 bits per heavy atom. The Kier molecular flexibility index (Phi) is 4.62. The Bertz CT molecular complexity index is 204. The largest absolute Gasteiger partial charge is 0.381 e. The lowest BCUT2D eigenvalue weighted by atomic mass is 9.95. The van der Waals surface area contributed by atoms with Gasteiger partial charge in [-0.1, -0.05) is 0 Å². The fourth-order valence-corrected chi connectivity index (χ4v) is 2.99. The molecule has 2 fully saturated rings. The molecular formula is C13H26N2O. The third-order valence-electron chi connectivity index (χ3n) is 4.11. The smallest absolute Gasteiger partial charge is 0.0469 e. The molecule has 2 heterocycles. The van der Waals surface area contributed by atoms with Gasteiger partial charge in [0.15, 0.2) is 0 Å². The second-order valence-corrected chi connectivity index (χ2v) is 5.53. The highest BCUT2D eigenvalue weighted by atomic mass is 16.5. The molecule has 2 unspecified atom stereocenters. The van der Waals surface area contributed by atoms with Crippen LogP contribution in [0.15, 0.2) is 0 Å². The van der Waals surface area contributed by atoms with E-state index in [1.807, 2.05) is 0 Å². The first-order valence-electron chi connectivity index (χ1n) is 6.77. The normalized spacial score (nSPS) is 33.2. The van der Waals surface area contributed by atoms with Crippen LogP contribution < -0.4 is 5.32 Å². The van der Waals surface area contributed by atoms with Crippen LogP contribution >= 0.6 is 0 Å². The number of nitrogens with one attached hydrogen (secondary N) is 1. The van der Waals surface area contributed by atoms with E-state index in [2.05, 4.69) is 24.2 Å². The summed E-state index contributed by atoms with van der Waals surface area (Å²) < 4.78 is 5.42. The van der Waals surface area contributed by atoms with Gasteiger partial charge in [0.05, 0.1) is 0 Å². The van der Waals surface area contributed by atoms with Crippen LogP contribution in [0, 0.1) is 5.92 Å². The maximum atomic E-state index is 5.42. The zero-order chi connectivity index (χ0) is 11.4. The van der Waals surface area contributed by atoms with E-state index in [0.717, 1.165) is 25.2 Å². The van der Waals surface area contributed by atoms with E-state index in [1.165, 1.54) is 38.8 Å². The van der Waals surface area contributed by atoms with Crippen LogP contribution in [0.4, 0.5) is 0 Å². The van der Waals surface area contributed by atoms with Gasteiger partial charge in [-0.2, -0.15) is 0 Å². The summed E-state index contributed by atoms with van der Waals surface area (Å²) in [5.74, 6) is 0.865. The fraction of sp³-hybridized carbons (Fsp3) is 1.00. The zero-order valence-corrected chi connectivity index (χ0v) is 10.7. The van der Waals surface area contributed by atoms with Gasteiger partial charge >= 0.3 is 0 Å². The molecule has 0 aromatic rings. The Hall–Kier alpha value is -0.120. The van der Waals surface area contributed by atoms with E-state index < -0.39 is 0 Å². The van der Waals surface area contributed by atoms with E-state index in [1.54, 1.807) is 0 Å². The first-order valence-corrected chi connectivity index (χ1v) is 6.77. The van der Waals surface area contributed by atoms with Gasteiger partial charge in [0.1, 0.15) is 0 Å². The molecule has 0 radical (unpaired) electrons. The maximum Gasteiger partial charge on any atom is 0.0469 e. The number of nitrogens with zero attached hydrogens (tertiary/aromatic N) is 1. The summed E-state index contributed by atoms with van der Waals surface area (Å²) in [6.07, 6.45) is 5.12. The Labute approximate surface area is 99.5 Å². The molecule has 2 rings (SSSR count). The summed E-state index contributed by atoms with van der Waals surface area (Å²) in [4.78, 5) is 2.59. The van der Waals surface area contributed by atoms with E-state index >= 15 is 0 Å². The van der Waals surface area contributed by atoms with Crippen LogP contribution in [-0.4, -0.2) is 50.3 Å². The predicted octanol–water partition coefficient (Wildman–Crippen LogP) is 1.49. The first kappa shape index (κ1) is 12.3. The van der Waals surface area contributed by atoms with Gasteiger partial charge in [0, 0.05) is 31.8 Å². The minimum Gasteiger partial charge on any atom is -0.381 e. The summed E-state index contributed by atoms with van der Waals surface area (Å²) in [6.45, 7) is 6.70. The van der Waals surface area contributed by atoms with Crippen molar-refractivity contribution in [1.82, 2.24) is 10.2 Å². The summed E-state index contributed by atoms with van der Waals surface area (Å²) >= 11 is 0. The lowest BCUT2D eigenvalue weighted by molar-refractivity contribution is 0.0465. The summed E-state index contributed by atoms with van der Waals surface area (Å²) in [7, 11) is 2.30. The second kappa shape index (κ2) is 5.99. The Morgan fingerprint density at radius 2 is 2.00 bits per heavy atom. The summed E-state index contributed by atoms with van der Waals surface area (Å²) in [5, 5.41) is 3.52. The van der Waals surface area contributed by atoms with Crippen LogP contribution in [0.2, 0.25) is 0 Å². The average Bonchev–Trinajstić information content (AvgIpc) is 2.30. The van der Waals surface area contributed by atoms with Crippen molar-refractivity contribution in [1.29, 1.82) is 0 Å². The molecule has 2 aliphatic heterocycles. The fourth-order valence-electron chi connectivity index (χ4n) is 2.99. The number of piperidine rings is 1. The van der Waals surface area contributed by atoms with E-state index in [0.29, 0.717) is 6.04 Å². The molecule has 1 N–H and O–H groups in total. The minimum absolute atomic E-state index is 0.691. The van der Waals surface area contributed by atoms with Gasteiger partial charge in [-0.15, -0.1) is 0 Å². The molecule has 2 saturated heterocycles. The van der Waals surface area contributed by atoms with Crippen LogP contribution in [0.1, 0.15) is 32.6 Å². The van der Waals surface area contributed by atoms with E-state index in [4.69, 9.17) is 4.74 Å². The van der Waals surface area contributed by atoms with Crippen molar-refractivity contribution in [2.75, 3.05) is 33.4 Å². The van der Waals surface area contributed by atoms with Crippen molar-refractivity contribution >= 4 is 0 Å². The first-order chi connectivity index (χ1) is 7.75. The molecule has 16 heavy (non-hydrogen) atoms. The monoisotopic (exact) mass is 226 g/mol. The molecule has 3 nitrogen and oxygen atoms in total. The molecule has 0 amide bonds. The third-order valence-corrected chi connectivity index (χ3v) is 4.11. The topological polar surface area (TPSA) is 24.5 Å². The molecule has 0 aliphatic carbocycles. The molecular weight excluding hydrogens is 200 g/mol. The molecule has 0 saturated carbocycles. The number of hydrogen-bond donors (Lipinski definition) is 1. The van der Waals surface area contributed by atoms with Crippen molar-refractivity contribution in [2.24, 2.45) is 5.92 Å². The SMILES string of the molecule is CC1CC(N(C)CC2CCOCC2)CCN1. The Balaban J connectivity index is 1.75. The summed E-state index contributed by atoms with van der Waals surface area (Å²) in [5.41, 5.74) is 0.